The fraction of sp³-hybridized carbons (Fsp3) is 0.783. The van der Waals surface area contributed by atoms with Crippen molar-refractivity contribution in [2.24, 2.45) is 0 Å². The summed E-state index contributed by atoms with van der Waals surface area (Å²) in [6.07, 6.45) is -1.81. The van der Waals surface area contributed by atoms with Crippen LogP contribution in [0, 0.1) is 70.8 Å². The van der Waals surface area contributed by atoms with Crippen molar-refractivity contribution < 1.29 is 184 Å². The van der Waals surface area contributed by atoms with Crippen LogP contribution in [0.2, 0.25) is 0 Å². The van der Waals surface area contributed by atoms with Gasteiger partial charge in [-0.25, -0.2) is 0 Å². The van der Waals surface area contributed by atoms with Crippen LogP contribution in [0.4, 0.5) is 0 Å². The van der Waals surface area contributed by atoms with E-state index in [0.29, 0.717) is 39.6 Å². The second-order valence-electron chi connectivity index (χ2n) is 22.8. The zero-order valence-corrected chi connectivity index (χ0v) is 96.9. The van der Waals surface area contributed by atoms with Gasteiger partial charge in [0.2, 0.25) is 0 Å². The van der Waals surface area contributed by atoms with Gasteiger partial charge in [0.25, 0.3) is 0 Å². The zero-order valence-electron chi connectivity index (χ0n) is 72.8. The Balaban J connectivity index is -0.0000000220. The molecule has 0 radical (unpaired) electrons. The molecule has 9 N–H and O–H groups in total. The summed E-state index contributed by atoms with van der Waals surface area (Å²) < 4.78 is 50.2. The molecule has 0 aromatic rings. The predicted molar refractivity (Wildman–Crippen MR) is 451 cm³/mol. The van der Waals surface area contributed by atoms with Gasteiger partial charge in [0, 0.05) is 79.4 Å². The van der Waals surface area contributed by atoms with E-state index in [1.54, 1.807) is 96.9 Å². The molecule has 97 heavy (non-hydrogen) atoms. The first-order chi connectivity index (χ1) is 40.1. The molecule has 0 saturated heterocycles. The minimum absolute atomic E-state index is 0. The van der Waals surface area contributed by atoms with Gasteiger partial charge in [0.15, 0.2) is 0 Å². The quantitative estimate of drug-likeness (QED) is 0.0502. The Morgan fingerprint density at radius 1 is 0.258 bits per heavy atom. The molecule has 0 spiro atoms. The maximum absolute atomic E-state index is 9.99. The first-order valence-corrected chi connectivity index (χ1v) is 60.5. The molecule has 0 aliphatic rings. The van der Waals surface area contributed by atoms with Crippen molar-refractivity contribution in [1.82, 2.24) is 0 Å². The molecule has 28 heteroatoms. The van der Waals surface area contributed by atoms with Crippen LogP contribution in [0.3, 0.4) is 0 Å². The van der Waals surface area contributed by atoms with Crippen LogP contribution in [0.5, 0.6) is 0 Å². The average Bonchev–Trinajstić information content (AvgIpc) is 3.23. The summed E-state index contributed by atoms with van der Waals surface area (Å²) in [4.78, 5) is 34.2. The van der Waals surface area contributed by atoms with Crippen molar-refractivity contribution in [2.75, 3.05) is 100.0 Å². The molecule has 0 aliphatic heterocycles. The number of hydrogen-bond acceptors (Lipinski definition) is 15. The molecule has 0 bridgehead atoms. The van der Waals surface area contributed by atoms with E-state index in [1.165, 1.54) is 0 Å². The van der Waals surface area contributed by atoms with E-state index in [-0.39, 0.29) is 167 Å². The molecule has 0 unspecified atom stereocenters. The third kappa shape index (κ3) is 814. The number of hydrogen-bond donors (Lipinski definition) is 9. The van der Waals surface area contributed by atoms with E-state index < -0.39 is 18.1 Å². The van der Waals surface area contributed by atoms with E-state index in [2.05, 4.69) is 138 Å². The predicted octanol–water partition coefficient (Wildman–Crippen LogP) is 16.4. The maximum atomic E-state index is 9.99. The normalized spacial score (nSPS) is 8.62. The van der Waals surface area contributed by atoms with Crippen molar-refractivity contribution in [3.63, 3.8) is 0 Å². The Labute approximate surface area is 684 Å². The third-order valence-electron chi connectivity index (χ3n) is 2.31. The van der Waals surface area contributed by atoms with Gasteiger partial charge in [-0.15, -0.1) is 39.6 Å². The molecule has 618 valence electrons. The van der Waals surface area contributed by atoms with Gasteiger partial charge in [-0.1, -0.05) is 0 Å². The molecule has 0 aromatic heterocycles. The summed E-state index contributed by atoms with van der Waals surface area (Å²) in [6.45, 7) is 79.6. The third-order valence-corrected chi connectivity index (χ3v) is 6.92. The second kappa shape index (κ2) is 162. The molecule has 0 atom stereocenters. The number of aliphatic hydroxyl groups is 7. The molecular formula is C69H178O15P5Si2W6-5. The van der Waals surface area contributed by atoms with Gasteiger partial charge in [0.05, 0.1) is 0 Å². The van der Waals surface area contributed by atoms with Crippen LogP contribution in [-0.2, 0) is 138 Å². The fourth-order valence-electron chi connectivity index (χ4n) is 1.95. The van der Waals surface area contributed by atoms with Crippen LogP contribution in [0.1, 0.15) is 180 Å². The van der Waals surface area contributed by atoms with Crippen molar-refractivity contribution >= 4 is 77.3 Å². The monoisotopic (exact) mass is 2560 g/mol. The van der Waals surface area contributed by atoms with Gasteiger partial charge in [-0.05, 0) is 280 Å². The Morgan fingerprint density at radius 3 is 0.309 bits per heavy atom. The van der Waals surface area contributed by atoms with Gasteiger partial charge in [0.1, 0.15) is 0 Å². The van der Waals surface area contributed by atoms with Gasteiger partial charge in [-0.2, -0.15) is 0 Å². The van der Waals surface area contributed by atoms with Crippen molar-refractivity contribution in [3.8, 4) is 18.8 Å². The van der Waals surface area contributed by atoms with E-state index in [4.69, 9.17) is 62.3 Å². The number of aliphatic hydroxyl groups excluding tert-OH is 7. The van der Waals surface area contributed by atoms with Crippen molar-refractivity contribution in [2.45, 2.75) is 259 Å². The summed E-state index contributed by atoms with van der Waals surface area (Å²) in [7, 11) is -4.98. The summed E-state index contributed by atoms with van der Waals surface area (Å²) in [5, 5.41) is 56.4. The zero-order chi connectivity index (χ0) is 79.0. The first-order valence-electron chi connectivity index (χ1n) is 28.7. The Kier molecular flexibility index (Phi) is 308. The summed E-state index contributed by atoms with van der Waals surface area (Å²) in [5.41, 5.74) is 0. The molecular weight excluding hydrogens is 2380 g/mol. The first kappa shape index (κ1) is 185. The summed E-state index contributed by atoms with van der Waals surface area (Å²) >= 11 is 3.83. The van der Waals surface area contributed by atoms with Crippen LogP contribution in [-0.4, -0.2) is 262 Å². The van der Waals surface area contributed by atoms with Gasteiger partial charge in [-0.3, -0.25) is 0 Å². The molecule has 0 heterocycles. The van der Waals surface area contributed by atoms with Crippen LogP contribution in [0.15, 0.2) is 0 Å². The van der Waals surface area contributed by atoms with E-state index in [1.807, 2.05) is 83.1 Å². The Morgan fingerprint density at radius 2 is 0.289 bits per heavy atom. The molecule has 0 fully saturated rings. The molecule has 0 rings (SSSR count). The van der Waals surface area contributed by atoms with E-state index >= 15 is 0 Å². The number of rotatable bonds is 12. The topological polar surface area (TPSA) is 237 Å². The van der Waals surface area contributed by atoms with E-state index in [9.17, 15) is 9.59 Å². The standard InChI is InChI=1S/2C9H22O4Si.7C3H8O.5C3H9P.7CH3.4CH2.4CH.6W/c2*1-7(2)11-14(10,12-8(3)4)13-9(5)6;7*1-3(2)4;5*1-4(2)3;;;;;;;;;;;;;;;;;;;;;/h2*7-10H,1-6H3;7*3-4H,1-2H3;5*1-3H3;7*1H3;4*1H2;4*1H;;;;;;/q;;;;;;;;;;;;;;7*-1;;;;;;;;;;;;;2*+1. The molecule has 15 nitrogen and oxygen atoms in total. The molecule has 0 aliphatic carbocycles. The SMILES string of the molecule is CC(C)O.CC(C)O.CC(C)O.CC(C)O.CC(C)O.CC(C)O.CC(C)O.CC(C)O[Si](O)(OC(C)C)OC(C)C.CC(C)O[Si](O)(OC(C)C)OC(C)C.CP(C)C.CP(C)C.CP(C)C.CP(C)C.CP(C)C.[CH2]=[W]=[CH2].[CH2]=[W]=[CH2].[CH3-].[CH3-].[CH3-].[CH3-].[CH3-].[CH3-].[CH3-].[CH]#[W+].[CH]#[W+].[CH]#[W].[CH]#[W]. The van der Waals surface area contributed by atoms with Crippen LogP contribution >= 0.6 is 39.6 Å². The van der Waals surface area contributed by atoms with Gasteiger partial charge < -0.3 is 124 Å². The second-order valence-corrected chi connectivity index (χ2v) is 42.7. The van der Waals surface area contributed by atoms with Gasteiger partial charge >= 0.3 is 168 Å². The van der Waals surface area contributed by atoms with Crippen molar-refractivity contribution in [1.29, 1.82) is 0 Å². The average molecular weight is 2560 g/mol. The molecule has 0 saturated carbocycles. The summed E-state index contributed by atoms with van der Waals surface area (Å²) in [5.74, 6) is 0. The van der Waals surface area contributed by atoms with Crippen LogP contribution < -0.4 is 0 Å². The van der Waals surface area contributed by atoms with Crippen molar-refractivity contribution in [3.05, 3.63) is 52.0 Å². The molecule has 0 aromatic carbocycles. The summed E-state index contributed by atoms with van der Waals surface area (Å²) in [6, 6.07) is 0. The Bertz CT molecular complexity index is 1030. The minimum atomic E-state index is -3.44. The fourth-order valence-corrected chi connectivity index (χ4v) is 5.86. The van der Waals surface area contributed by atoms with Crippen LogP contribution in [0.25, 0.3) is 0 Å². The molecule has 0 amide bonds. The van der Waals surface area contributed by atoms with E-state index in [0.717, 1.165) is 76.6 Å². The Hall–Kier alpha value is 4.71.